The number of carbonyl (C=O) groups excluding carboxylic acids is 1. The third-order valence-corrected chi connectivity index (χ3v) is 3.87. The Labute approximate surface area is 160 Å². The second-order valence-corrected chi connectivity index (χ2v) is 7.26. The molecule has 1 unspecified atom stereocenters. The molecule has 1 amide bonds. The molecule has 0 aliphatic heterocycles. The number of rotatable bonds is 6. The minimum atomic E-state index is -4.49. The number of halogens is 3. The Morgan fingerprint density at radius 2 is 1.75 bits per heavy atom. The summed E-state index contributed by atoms with van der Waals surface area (Å²) in [5, 5.41) is 19.7. The summed E-state index contributed by atoms with van der Waals surface area (Å²) in [7, 11) is 0. The summed E-state index contributed by atoms with van der Waals surface area (Å²) < 4.78 is 40.7. The molecule has 6 nitrogen and oxygen atoms in total. The highest BCUT2D eigenvalue weighted by Crippen LogP contribution is 2.24. The monoisotopic (exact) mass is 397 g/mol. The Morgan fingerprint density at radius 3 is 2.25 bits per heavy atom. The van der Waals surface area contributed by atoms with Gasteiger partial charge in [-0.25, -0.2) is 0 Å². The van der Waals surface area contributed by atoms with Crippen LogP contribution in [0.3, 0.4) is 0 Å². The van der Waals surface area contributed by atoms with E-state index >= 15 is 0 Å². The van der Waals surface area contributed by atoms with Crippen molar-refractivity contribution in [2.45, 2.75) is 38.5 Å². The predicted octanol–water partition coefficient (Wildman–Crippen LogP) is 3.18. The van der Waals surface area contributed by atoms with Crippen LogP contribution in [0.25, 0.3) is 0 Å². The second kappa shape index (κ2) is 8.55. The summed E-state index contributed by atoms with van der Waals surface area (Å²) in [6, 6.07) is 9.75. The van der Waals surface area contributed by atoms with E-state index in [1.54, 1.807) is 12.1 Å². The number of hydrogen-bond acceptors (Lipinski definition) is 5. The van der Waals surface area contributed by atoms with Crippen LogP contribution in [0.1, 0.15) is 48.5 Å². The molecular weight excluding hydrogens is 375 g/mol. The molecule has 0 fully saturated rings. The molecule has 1 aromatic carbocycles. The summed E-state index contributed by atoms with van der Waals surface area (Å²) in [4.78, 5) is 12.0. The summed E-state index contributed by atoms with van der Waals surface area (Å²) in [5.41, 5.74) is 1.66. The molecule has 9 heteroatoms. The molecule has 152 valence electrons. The van der Waals surface area contributed by atoms with Crippen molar-refractivity contribution < 1.29 is 27.8 Å². The van der Waals surface area contributed by atoms with Gasteiger partial charge in [0.15, 0.2) is 12.3 Å². The Hall–Kier alpha value is -2.68. The number of aromatic nitrogens is 2. The van der Waals surface area contributed by atoms with E-state index in [-0.39, 0.29) is 23.5 Å². The van der Waals surface area contributed by atoms with E-state index in [9.17, 15) is 23.1 Å². The van der Waals surface area contributed by atoms with Crippen LogP contribution in [0.2, 0.25) is 0 Å². The third kappa shape index (κ3) is 6.49. The first-order valence-corrected chi connectivity index (χ1v) is 8.56. The van der Waals surface area contributed by atoms with Crippen LogP contribution in [0, 0.1) is 0 Å². The number of benzene rings is 1. The number of amides is 1. The molecule has 2 aromatic rings. The Bertz CT molecular complexity index is 785. The third-order valence-electron chi connectivity index (χ3n) is 3.87. The van der Waals surface area contributed by atoms with Gasteiger partial charge in [0.25, 0.3) is 5.91 Å². The molecule has 1 aromatic heterocycles. The number of nitrogens with one attached hydrogen (secondary N) is 1. The molecule has 0 saturated carbocycles. The van der Waals surface area contributed by atoms with Gasteiger partial charge in [-0.3, -0.25) is 4.79 Å². The molecule has 0 bridgehead atoms. The normalized spacial score (nSPS) is 13.1. The standard InChI is InChI=1S/C19H22F3N3O3/c1-18(2,3)13-6-4-12(5-7-13)15(26)10-23-17(27)14-8-9-16(25-24-14)28-11-19(20,21)22/h4-9,15,26H,10-11H2,1-3H3,(H,23,27). The average Bonchev–Trinajstić information content (AvgIpc) is 2.63. The van der Waals surface area contributed by atoms with Crippen LogP contribution >= 0.6 is 0 Å². The predicted molar refractivity (Wildman–Crippen MR) is 96.0 cm³/mol. The Morgan fingerprint density at radius 1 is 1.11 bits per heavy atom. The lowest BCUT2D eigenvalue weighted by Gasteiger charge is -2.20. The van der Waals surface area contributed by atoms with E-state index in [1.165, 1.54) is 6.07 Å². The van der Waals surface area contributed by atoms with Crippen molar-refractivity contribution in [2.75, 3.05) is 13.2 Å². The molecule has 2 rings (SSSR count). The van der Waals surface area contributed by atoms with Gasteiger partial charge in [-0.05, 0) is 22.6 Å². The van der Waals surface area contributed by atoms with E-state index in [1.807, 2.05) is 12.1 Å². The lowest BCUT2D eigenvalue weighted by molar-refractivity contribution is -0.154. The quantitative estimate of drug-likeness (QED) is 0.782. The Balaban J connectivity index is 1.89. The van der Waals surface area contributed by atoms with Crippen LogP contribution in [0.5, 0.6) is 5.88 Å². The molecule has 1 heterocycles. The number of alkyl halides is 3. The first-order chi connectivity index (χ1) is 13.0. The van der Waals surface area contributed by atoms with E-state index < -0.39 is 24.8 Å². The van der Waals surface area contributed by atoms with Gasteiger partial charge in [-0.1, -0.05) is 45.0 Å². The van der Waals surface area contributed by atoms with Gasteiger partial charge in [-0.15, -0.1) is 10.2 Å². The summed E-state index contributed by atoms with van der Waals surface area (Å²) in [6.45, 7) is 4.70. The highest BCUT2D eigenvalue weighted by Gasteiger charge is 2.28. The highest BCUT2D eigenvalue weighted by molar-refractivity contribution is 5.92. The second-order valence-electron chi connectivity index (χ2n) is 7.26. The molecule has 0 radical (unpaired) electrons. The largest absolute Gasteiger partial charge is 0.467 e. The van der Waals surface area contributed by atoms with Crippen LogP contribution in [-0.2, 0) is 5.41 Å². The van der Waals surface area contributed by atoms with Gasteiger partial charge in [-0.2, -0.15) is 13.2 Å². The lowest BCUT2D eigenvalue weighted by atomic mass is 9.86. The first kappa shape index (κ1) is 21.6. The maximum atomic E-state index is 12.1. The topological polar surface area (TPSA) is 84.3 Å². The molecule has 0 aliphatic rings. The van der Waals surface area contributed by atoms with Gasteiger partial charge in [0, 0.05) is 12.6 Å². The summed E-state index contributed by atoms with van der Waals surface area (Å²) in [6.07, 6.45) is -5.40. The van der Waals surface area contributed by atoms with Crippen molar-refractivity contribution in [3.63, 3.8) is 0 Å². The highest BCUT2D eigenvalue weighted by atomic mass is 19.4. The smallest absolute Gasteiger partial charge is 0.422 e. The zero-order valence-electron chi connectivity index (χ0n) is 15.7. The number of ether oxygens (including phenoxy) is 1. The van der Waals surface area contributed by atoms with Crippen LogP contribution in [0.4, 0.5) is 13.2 Å². The van der Waals surface area contributed by atoms with E-state index in [2.05, 4.69) is 41.0 Å². The fourth-order valence-electron chi connectivity index (χ4n) is 2.28. The number of aliphatic hydroxyl groups is 1. The fraction of sp³-hybridized carbons (Fsp3) is 0.421. The van der Waals surface area contributed by atoms with Gasteiger partial charge >= 0.3 is 6.18 Å². The molecule has 0 aliphatic carbocycles. The van der Waals surface area contributed by atoms with E-state index in [0.29, 0.717) is 5.56 Å². The van der Waals surface area contributed by atoms with Crippen molar-refractivity contribution in [3.05, 3.63) is 53.2 Å². The van der Waals surface area contributed by atoms with Crippen molar-refractivity contribution >= 4 is 5.91 Å². The fourth-order valence-corrected chi connectivity index (χ4v) is 2.28. The zero-order chi connectivity index (χ0) is 20.9. The van der Waals surface area contributed by atoms with Gasteiger partial charge in [0.1, 0.15) is 0 Å². The first-order valence-electron chi connectivity index (χ1n) is 8.56. The van der Waals surface area contributed by atoms with E-state index in [0.717, 1.165) is 11.6 Å². The van der Waals surface area contributed by atoms with Crippen LogP contribution < -0.4 is 10.1 Å². The molecule has 1 atom stereocenters. The van der Waals surface area contributed by atoms with Crippen molar-refractivity contribution in [3.8, 4) is 5.88 Å². The van der Waals surface area contributed by atoms with Gasteiger partial charge in [0.2, 0.25) is 5.88 Å². The summed E-state index contributed by atoms with van der Waals surface area (Å²) >= 11 is 0. The number of carbonyl (C=O) groups is 1. The minimum absolute atomic E-state index is 0.00760. The SMILES string of the molecule is CC(C)(C)c1ccc(C(O)CNC(=O)c2ccc(OCC(F)(F)F)nn2)cc1. The number of hydrogen-bond donors (Lipinski definition) is 2. The average molecular weight is 397 g/mol. The molecule has 2 N–H and O–H groups in total. The maximum absolute atomic E-state index is 12.1. The van der Waals surface area contributed by atoms with Gasteiger partial charge in [0.05, 0.1) is 6.10 Å². The number of nitrogens with zero attached hydrogens (tertiary/aromatic N) is 2. The Kier molecular flexibility index (Phi) is 6.60. The van der Waals surface area contributed by atoms with Crippen LogP contribution in [0.15, 0.2) is 36.4 Å². The maximum Gasteiger partial charge on any atom is 0.422 e. The molecule has 0 saturated heterocycles. The summed E-state index contributed by atoms with van der Waals surface area (Å²) in [5.74, 6) is -0.951. The van der Waals surface area contributed by atoms with Crippen molar-refractivity contribution in [2.24, 2.45) is 0 Å². The molecule has 28 heavy (non-hydrogen) atoms. The minimum Gasteiger partial charge on any atom is -0.467 e. The number of aliphatic hydroxyl groups excluding tert-OH is 1. The molecular formula is C19H22F3N3O3. The van der Waals surface area contributed by atoms with Gasteiger partial charge < -0.3 is 15.2 Å². The van der Waals surface area contributed by atoms with E-state index in [4.69, 9.17) is 0 Å². The lowest BCUT2D eigenvalue weighted by Crippen LogP contribution is -2.29. The molecule has 0 spiro atoms. The van der Waals surface area contributed by atoms with Crippen molar-refractivity contribution in [1.29, 1.82) is 0 Å². The zero-order valence-corrected chi connectivity index (χ0v) is 15.7. The van der Waals surface area contributed by atoms with Crippen LogP contribution in [-0.4, -0.2) is 40.5 Å². The van der Waals surface area contributed by atoms with Crippen molar-refractivity contribution in [1.82, 2.24) is 15.5 Å².